The van der Waals surface area contributed by atoms with Gasteiger partial charge in [0, 0.05) is 36.9 Å². The number of aromatic nitrogens is 2. The van der Waals surface area contributed by atoms with E-state index in [1.54, 1.807) is 12.4 Å². The normalized spacial score (nSPS) is 18.3. The van der Waals surface area contributed by atoms with Gasteiger partial charge in [-0.05, 0) is 43.2 Å². The van der Waals surface area contributed by atoms with Crippen molar-refractivity contribution in [3.05, 3.63) is 42.7 Å². The molecule has 0 spiro atoms. The topological polar surface area (TPSA) is 65.8 Å². The Balaban J connectivity index is 1.23. The van der Waals surface area contributed by atoms with E-state index in [2.05, 4.69) is 37.2 Å². The standard InChI is InChI=1S/C22H30N6O/c29-21(18-26-14-16-28(17-15-26)22-23-10-5-11-24-22)25-19-6-8-20(9-7-19)27-12-3-1-2-4-13-27/h5-11H,1-4,12-18H2,(H,25,29)/p+1. The van der Waals surface area contributed by atoms with Gasteiger partial charge in [0.25, 0.3) is 5.91 Å². The number of quaternary nitrogens is 1. The third kappa shape index (κ3) is 5.44. The van der Waals surface area contributed by atoms with Crippen molar-refractivity contribution in [3.63, 3.8) is 0 Å². The Morgan fingerprint density at radius 1 is 0.897 bits per heavy atom. The molecule has 154 valence electrons. The molecule has 1 aromatic carbocycles. The van der Waals surface area contributed by atoms with Crippen molar-refractivity contribution in [3.8, 4) is 0 Å². The maximum atomic E-state index is 12.5. The molecule has 0 bridgehead atoms. The predicted octanol–water partition coefficient (Wildman–Crippen LogP) is 1.20. The van der Waals surface area contributed by atoms with Gasteiger partial charge in [0.05, 0.1) is 26.2 Å². The van der Waals surface area contributed by atoms with Crippen LogP contribution in [0.5, 0.6) is 0 Å². The van der Waals surface area contributed by atoms with Crippen LogP contribution in [0.25, 0.3) is 0 Å². The first-order valence-corrected chi connectivity index (χ1v) is 10.8. The number of hydrogen-bond donors (Lipinski definition) is 2. The van der Waals surface area contributed by atoms with Crippen LogP contribution in [-0.2, 0) is 4.79 Å². The molecule has 2 N–H and O–H groups in total. The lowest BCUT2D eigenvalue weighted by molar-refractivity contribution is -0.892. The summed E-state index contributed by atoms with van der Waals surface area (Å²) in [7, 11) is 0. The van der Waals surface area contributed by atoms with Gasteiger partial charge in [0.15, 0.2) is 6.54 Å². The number of amides is 1. The number of piperazine rings is 1. The molecular weight excluding hydrogens is 364 g/mol. The number of rotatable bonds is 5. The molecule has 1 amide bonds. The Labute approximate surface area is 172 Å². The molecule has 0 radical (unpaired) electrons. The molecule has 7 heteroatoms. The summed E-state index contributed by atoms with van der Waals surface area (Å²) in [5.74, 6) is 0.854. The fraction of sp³-hybridized carbons (Fsp3) is 0.500. The average Bonchev–Trinajstić information content (AvgIpc) is 3.05. The van der Waals surface area contributed by atoms with Gasteiger partial charge in [-0.15, -0.1) is 0 Å². The maximum absolute atomic E-state index is 12.5. The van der Waals surface area contributed by atoms with Crippen LogP contribution in [0.2, 0.25) is 0 Å². The van der Waals surface area contributed by atoms with Crippen LogP contribution in [0.3, 0.4) is 0 Å². The molecule has 2 aromatic rings. The smallest absolute Gasteiger partial charge is 0.279 e. The molecule has 0 saturated carbocycles. The van der Waals surface area contributed by atoms with Gasteiger partial charge in [-0.3, -0.25) is 4.79 Å². The van der Waals surface area contributed by atoms with Crippen molar-refractivity contribution in [2.75, 3.05) is 60.9 Å². The number of nitrogens with one attached hydrogen (secondary N) is 2. The van der Waals surface area contributed by atoms with Crippen molar-refractivity contribution in [1.82, 2.24) is 9.97 Å². The summed E-state index contributed by atoms with van der Waals surface area (Å²) < 4.78 is 0. The molecule has 3 heterocycles. The molecule has 2 aliphatic heterocycles. The van der Waals surface area contributed by atoms with Crippen molar-refractivity contribution < 1.29 is 9.69 Å². The van der Waals surface area contributed by atoms with E-state index in [0.29, 0.717) is 6.54 Å². The lowest BCUT2D eigenvalue weighted by Crippen LogP contribution is -3.15. The Kier molecular flexibility index (Phi) is 6.56. The summed E-state index contributed by atoms with van der Waals surface area (Å²) in [6, 6.07) is 10.1. The van der Waals surface area contributed by atoms with Crippen molar-refractivity contribution in [2.45, 2.75) is 25.7 Å². The quantitative estimate of drug-likeness (QED) is 0.797. The fourth-order valence-corrected chi connectivity index (χ4v) is 4.17. The number of carbonyl (C=O) groups excluding carboxylic acids is 1. The second kappa shape index (κ2) is 9.69. The van der Waals surface area contributed by atoms with Gasteiger partial charge >= 0.3 is 0 Å². The van der Waals surface area contributed by atoms with E-state index in [4.69, 9.17) is 0 Å². The van der Waals surface area contributed by atoms with E-state index in [9.17, 15) is 4.79 Å². The van der Waals surface area contributed by atoms with E-state index in [-0.39, 0.29) is 5.91 Å². The summed E-state index contributed by atoms with van der Waals surface area (Å²) in [4.78, 5) is 27.1. The van der Waals surface area contributed by atoms with Crippen LogP contribution in [-0.4, -0.2) is 61.7 Å². The lowest BCUT2D eigenvalue weighted by Gasteiger charge is -2.31. The minimum absolute atomic E-state index is 0.0759. The summed E-state index contributed by atoms with van der Waals surface area (Å²) in [5, 5.41) is 3.06. The number of anilines is 3. The van der Waals surface area contributed by atoms with Gasteiger partial charge in [-0.25, -0.2) is 9.97 Å². The van der Waals surface area contributed by atoms with Crippen LogP contribution < -0.4 is 20.0 Å². The summed E-state index contributed by atoms with van der Waals surface area (Å²) in [6.45, 7) is 6.34. The van der Waals surface area contributed by atoms with E-state index in [1.165, 1.54) is 36.3 Å². The lowest BCUT2D eigenvalue weighted by atomic mass is 10.2. The fourth-order valence-electron chi connectivity index (χ4n) is 4.17. The number of hydrogen-bond acceptors (Lipinski definition) is 5. The van der Waals surface area contributed by atoms with Gasteiger partial charge in [-0.2, -0.15) is 0 Å². The van der Waals surface area contributed by atoms with Crippen molar-refractivity contribution in [1.29, 1.82) is 0 Å². The Bertz CT molecular complexity index is 766. The van der Waals surface area contributed by atoms with Crippen LogP contribution in [0.4, 0.5) is 17.3 Å². The van der Waals surface area contributed by atoms with E-state index < -0.39 is 0 Å². The highest BCUT2D eigenvalue weighted by molar-refractivity contribution is 5.91. The summed E-state index contributed by atoms with van der Waals surface area (Å²) >= 11 is 0. The SMILES string of the molecule is O=C(C[NH+]1CCN(c2ncccn2)CC1)Nc1ccc(N2CCCCCC2)cc1. The van der Waals surface area contributed by atoms with Crippen LogP contribution in [0.15, 0.2) is 42.7 Å². The average molecular weight is 396 g/mol. The molecular formula is C22H31N6O+. The second-order valence-electron chi connectivity index (χ2n) is 7.96. The largest absolute Gasteiger partial charge is 0.372 e. The molecule has 4 rings (SSSR count). The molecule has 2 aliphatic rings. The highest BCUT2D eigenvalue weighted by atomic mass is 16.2. The molecule has 0 atom stereocenters. The maximum Gasteiger partial charge on any atom is 0.279 e. The number of carbonyl (C=O) groups is 1. The number of nitrogens with zero attached hydrogens (tertiary/aromatic N) is 4. The first kappa shape index (κ1) is 19.6. The highest BCUT2D eigenvalue weighted by Gasteiger charge is 2.23. The monoisotopic (exact) mass is 395 g/mol. The zero-order valence-electron chi connectivity index (χ0n) is 17.0. The third-order valence-corrected chi connectivity index (χ3v) is 5.84. The zero-order chi connectivity index (χ0) is 19.9. The van der Waals surface area contributed by atoms with Gasteiger partial charge in [0.2, 0.25) is 5.95 Å². The van der Waals surface area contributed by atoms with Gasteiger partial charge < -0.3 is 20.0 Å². The Hall–Kier alpha value is -2.67. The minimum Gasteiger partial charge on any atom is -0.372 e. The van der Waals surface area contributed by atoms with Crippen molar-refractivity contribution in [2.24, 2.45) is 0 Å². The van der Waals surface area contributed by atoms with E-state index in [0.717, 1.165) is 50.9 Å². The Morgan fingerprint density at radius 2 is 1.55 bits per heavy atom. The second-order valence-corrected chi connectivity index (χ2v) is 7.96. The van der Waals surface area contributed by atoms with E-state index in [1.807, 2.05) is 18.2 Å². The first-order chi connectivity index (χ1) is 14.3. The summed E-state index contributed by atoms with van der Waals surface area (Å²) in [5.41, 5.74) is 2.14. The number of benzene rings is 1. The molecule has 7 nitrogen and oxygen atoms in total. The van der Waals surface area contributed by atoms with Crippen LogP contribution >= 0.6 is 0 Å². The van der Waals surface area contributed by atoms with Gasteiger partial charge in [0.1, 0.15) is 0 Å². The Morgan fingerprint density at radius 3 is 2.21 bits per heavy atom. The molecule has 0 unspecified atom stereocenters. The van der Waals surface area contributed by atoms with Gasteiger partial charge in [-0.1, -0.05) is 12.8 Å². The van der Waals surface area contributed by atoms with Crippen LogP contribution in [0.1, 0.15) is 25.7 Å². The highest BCUT2D eigenvalue weighted by Crippen LogP contribution is 2.21. The molecule has 2 saturated heterocycles. The molecule has 0 aliphatic carbocycles. The molecule has 29 heavy (non-hydrogen) atoms. The molecule has 2 fully saturated rings. The van der Waals surface area contributed by atoms with Crippen LogP contribution in [0, 0.1) is 0 Å². The summed E-state index contributed by atoms with van der Waals surface area (Å²) in [6.07, 6.45) is 8.75. The first-order valence-electron chi connectivity index (χ1n) is 10.8. The third-order valence-electron chi connectivity index (χ3n) is 5.84. The van der Waals surface area contributed by atoms with Crippen molar-refractivity contribution >= 4 is 23.2 Å². The predicted molar refractivity (Wildman–Crippen MR) is 116 cm³/mol. The van der Waals surface area contributed by atoms with E-state index >= 15 is 0 Å². The minimum atomic E-state index is 0.0759. The zero-order valence-corrected chi connectivity index (χ0v) is 17.0. The molecule has 1 aromatic heterocycles.